The maximum absolute atomic E-state index is 6.17. The molecule has 0 radical (unpaired) electrons. The minimum absolute atomic E-state index is 0.415. The van der Waals surface area contributed by atoms with Crippen molar-refractivity contribution in [1.82, 2.24) is 0 Å². The van der Waals surface area contributed by atoms with E-state index in [0.717, 1.165) is 21.0 Å². The van der Waals surface area contributed by atoms with E-state index >= 15 is 0 Å². The molecule has 3 heteroatoms. The third-order valence-electron chi connectivity index (χ3n) is 3.38. The third kappa shape index (κ3) is 3.97. The monoisotopic (exact) mass is 316 g/mol. The number of hydrogen-bond donors (Lipinski definition) is 0. The second-order valence-corrected chi connectivity index (χ2v) is 6.26. The Morgan fingerprint density at radius 2 is 2.24 bits per heavy atom. The Morgan fingerprint density at radius 1 is 1.41 bits per heavy atom. The van der Waals surface area contributed by atoms with E-state index in [-0.39, 0.29) is 0 Å². The van der Waals surface area contributed by atoms with Gasteiger partial charge in [-0.1, -0.05) is 53.4 Å². The quantitative estimate of drug-likeness (QED) is 0.744. The smallest absolute Gasteiger partial charge is 0.0735 e. The summed E-state index contributed by atoms with van der Waals surface area (Å²) in [6.45, 7) is 2.94. The van der Waals surface area contributed by atoms with Crippen molar-refractivity contribution in [3.8, 4) is 0 Å². The van der Waals surface area contributed by atoms with Crippen LogP contribution in [0.4, 0.5) is 0 Å². The fourth-order valence-corrected chi connectivity index (χ4v) is 3.10. The van der Waals surface area contributed by atoms with Crippen LogP contribution in [0.1, 0.15) is 38.2 Å². The van der Waals surface area contributed by atoms with Crippen molar-refractivity contribution in [1.29, 1.82) is 0 Å². The minimum Gasteiger partial charge on any atom is -0.373 e. The SMILES string of the molecule is CC1CCCC(OCc2ccc(Br)cc2Cl)C1. The molecule has 1 aromatic carbocycles. The van der Waals surface area contributed by atoms with Crippen molar-refractivity contribution in [3.05, 3.63) is 33.3 Å². The highest BCUT2D eigenvalue weighted by atomic mass is 79.9. The van der Waals surface area contributed by atoms with E-state index in [1.807, 2.05) is 18.2 Å². The highest BCUT2D eigenvalue weighted by Crippen LogP contribution is 2.28. The van der Waals surface area contributed by atoms with Gasteiger partial charge in [-0.3, -0.25) is 0 Å². The maximum Gasteiger partial charge on any atom is 0.0735 e. The predicted molar refractivity (Wildman–Crippen MR) is 75.4 cm³/mol. The topological polar surface area (TPSA) is 9.23 Å². The second kappa shape index (κ2) is 6.21. The molecule has 1 aliphatic rings. The lowest BCUT2D eigenvalue weighted by molar-refractivity contribution is 0.00470. The molecule has 0 N–H and O–H groups in total. The Bertz CT molecular complexity index is 380. The lowest BCUT2D eigenvalue weighted by atomic mass is 9.89. The minimum atomic E-state index is 0.415. The molecule has 0 spiro atoms. The summed E-state index contributed by atoms with van der Waals surface area (Å²) in [5, 5.41) is 0.781. The normalized spacial score (nSPS) is 24.9. The molecule has 0 bridgehead atoms. The molecule has 0 aromatic heterocycles. The zero-order chi connectivity index (χ0) is 12.3. The molecule has 17 heavy (non-hydrogen) atoms. The van der Waals surface area contributed by atoms with Crippen LogP contribution in [0.15, 0.2) is 22.7 Å². The first-order valence-corrected chi connectivity index (χ1v) is 7.38. The lowest BCUT2D eigenvalue weighted by Gasteiger charge is -2.26. The van der Waals surface area contributed by atoms with Gasteiger partial charge in [-0.2, -0.15) is 0 Å². The van der Waals surface area contributed by atoms with Gasteiger partial charge >= 0.3 is 0 Å². The second-order valence-electron chi connectivity index (χ2n) is 4.94. The average Bonchev–Trinajstić information content (AvgIpc) is 2.28. The summed E-state index contributed by atoms with van der Waals surface area (Å²) in [4.78, 5) is 0. The zero-order valence-corrected chi connectivity index (χ0v) is 12.4. The van der Waals surface area contributed by atoms with Crippen molar-refractivity contribution in [3.63, 3.8) is 0 Å². The van der Waals surface area contributed by atoms with E-state index in [1.54, 1.807) is 0 Å². The van der Waals surface area contributed by atoms with E-state index in [4.69, 9.17) is 16.3 Å². The standard InChI is InChI=1S/C14H18BrClO/c1-10-3-2-4-13(7-10)17-9-11-5-6-12(15)8-14(11)16/h5-6,8,10,13H,2-4,7,9H2,1H3. The van der Waals surface area contributed by atoms with Gasteiger partial charge in [0.05, 0.1) is 12.7 Å². The van der Waals surface area contributed by atoms with Crippen LogP contribution < -0.4 is 0 Å². The van der Waals surface area contributed by atoms with Crippen molar-refractivity contribution >= 4 is 27.5 Å². The molecule has 1 aliphatic carbocycles. The van der Waals surface area contributed by atoms with Crippen LogP contribution in [-0.2, 0) is 11.3 Å². The predicted octanol–water partition coefficient (Wildman–Crippen LogP) is 5.20. The molecule has 2 rings (SSSR count). The summed E-state index contributed by atoms with van der Waals surface area (Å²) >= 11 is 9.57. The van der Waals surface area contributed by atoms with Crippen molar-refractivity contribution in [2.24, 2.45) is 5.92 Å². The number of ether oxygens (including phenoxy) is 1. The molecular formula is C14H18BrClO. The number of halogens is 2. The number of benzene rings is 1. The van der Waals surface area contributed by atoms with E-state index in [0.29, 0.717) is 12.7 Å². The van der Waals surface area contributed by atoms with E-state index < -0.39 is 0 Å². The molecule has 2 unspecified atom stereocenters. The summed E-state index contributed by atoms with van der Waals surface area (Å²) in [5.74, 6) is 0.800. The molecule has 94 valence electrons. The largest absolute Gasteiger partial charge is 0.373 e. The molecule has 0 heterocycles. The average molecular weight is 318 g/mol. The van der Waals surface area contributed by atoms with Crippen molar-refractivity contribution < 1.29 is 4.74 Å². The van der Waals surface area contributed by atoms with Crippen LogP contribution in [0.2, 0.25) is 5.02 Å². The van der Waals surface area contributed by atoms with Crippen LogP contribution in [0.3, 0.4) is 0 Å². The Labute approximate surface area is 117 Å². The van der Waals surface area contributed by atoms with Gasteiger partial charge in [-0.25, -0.2) is 0 Å². The van der Waals surface area contributed by atoms with E-state index in [9.17, 15) is 0 Å². The first kappa shape index (κ1) is 13.4. The van der Waals surface area contributed by atoms with Gasteiger partial charge in [0.1, 0.15) is 0 Å². The van der Waals surface area contributed by atoms with Gasteiger partial charge in [0.25, 0.3) is 0 Å². The molecule has 1 saturated carbocycles. The first-order chi connectivity index (χ1) is 8.15. The van der Waals surface area contributed by atoms with Gasteiger partial charge in [0.15, 0.2) is 0 Å². The van der Waals surface area contributed by atoms with Crippen molar-refractivity contribution in [2.45, 2.75) is 45.3 Å². The van der Waals surface area contributed by atoms with Gasteiger partial charge < -0.3 is 4.74 Å². The molecule has 1 aromatic rings. The first-order valence-electron chi connectivity index (χ1n) is 6.20. The van der Waals surface area contributed by atoms with Crippen LogP contribution in [0.25, 0.3) is 0 Å². The fraction of sp³-hybridized carbons (Fsp3) is 0.571. The van der Waals surface area contributed by atoms with Crippen LogP contribution in [0.5, 0.6) is 0 Å². The van der Waals surface area contributed by atoms with Gasteiger partial charge in [-0.15, -0.1) is 0 Å². The van der Waals surface area contributed by atoms with Crippen molar-refractivity contribution in [2.75, 3.05) is 0 Å². The highest BCUT2D eigenvalue weighted by Gasteiger charge is 2.19. The molecule has 2 atom stereocenters. The Kier molecular flexibility index (Phi) is 4.89. The number of hydrogen-bond acceptors (Lipinski definition) is 1. The van der Waals surface area contributed by atoms with Crippen LogP contribution >= 0.6 is 27.5 Å². The summed E-state index contributed by atoms with van der Waals surface area (Å²) < 4.78 is 6.97. The Hall–Kier alpha value is -0.0500. The van der Waals surface area contributed by atoms with Gasteiger partial charge in [0, 0.05) is 9.50 Å². The van der Waals surface area contributed by atoms with Gasteiger partial charge in [0.2, 0.25) is 0 Å². The maximum atomic E-state index is 6.17. The molecular weight excluding hydrogens is 300 g/mol. The lowest BCUT2D eigenvalue weighted by Crippen LogP contribution is -2.21. The van der Waals surface area contributed by atoms with Crippen LogP contribution in [-0.4, -0.2) is 6.10 Å². The van der Waals surface area contributed by atoms with Crippen LogP contribution in [0, 0.1) is 5.92 Å². The molecule has 0 saturated heterocycles. The van der Waals surface area contributed by atoms with Gasteiger partial charge in [-0.05, 0) is 36.5 Å². The third-order valence-corrected chi connectivity index (χ3v) is 4.22. The fourth-order valence-electron chi connectivity index (χ4n) is 2.38. The summed E-state index contributed by atoms with van der Waals surface area (Å²) in [7, 11) is 0. The summed E-state index contributed by atoms with van der Waals surface area (Å²) in [5.41, 5.74) is 1.08. The Balaban J connectivity index is 1.88. The molecule has 0 amide bonds. The molecule has 1 fully saturated rings. The van der Waals surface area contributed by atoms with E-state index in [2.05, 4.69) is 22.9 Å². The zero-order valence-electron chi connectivity index (χ0n) is 10.1. The van der Waals surface area contributed by atoms with E-state index in [1.165, 1.54) is 25.7 Å². The molecule has 0 aliphatic heterocycles. The molecule has 1 nitrogen and oxygen atoms in total. The number of rotatable bonds is 3. The highest BCUT2D eigenvalue weighted by molar-refractivity contribution is 9.10. The Morgan fingerprint density at radius 3 is 2.94 bits per heavy atom. The summed E-state index contributed by atoms with van der Waals surface area (Å²) in [6.07, 6.45) is 5.43. The summed E-state index contributed by atoms with van der Waals surface area (Å²) in [6, 6.07) is 5.95.